The first-order chi connectivity index (χ1) is 8.88. The molecule has 0 amide bonds. The topological polar surface area (TPSA) is 72.0 Å². The minimum atomic E-state index is -3.69. The Morgan fingerprint density at radius 1 is 1.16 bits per heavy atom. The van der Waals surface area contributed by atoms with Gasteiger partial charge in [-0.2, -0.15) is 0 Å². The van der Waals surface area contributed by atoms with Crippen LogP contribution in [0.3, 0.4) is 0 Å². The Balaban J connectivity index is 2.33. The van der Waals surface area contributed by atoms with Crippen LogP contribution < -0.4 is 4.72 Å². The zero-order chi connectivity index (χ0) is 14.0. The van der Waals surface area contributed by atoms with E-state index in [9.17, 15) is 8.42 Å². The highest BCUT2D eigenvalue weighted by Crippen LogP contribution is 2.20. The number of pyridine rings is 2. The number of aromatic nitrogens is 2. The van der Waals surface area contributed by atoms with Gasteiger partial charge in [-0.15, -0.1) is 0 Å². The lowest BCUT2D eigenvalue weighted by Crippen LogP contribution is -2.14. The Labute approximate surface area is 127 Å². The molecule has 0 aromatic carbocycles. The second-order valence-electron chi connectivity index (χ2n) is 3.76. The first-order valence-corrected chi connectivity index (χ1v) is 8.21. The maximum absolute atomic E-state index is 12.1. The summed E-state index contributed by atoms with van der Waals surface area (Å²) in [5.74, 6) is 0.265. The van der Waals surface area contributed by atoms with Crippen molar-refractivity contribution >= 4 is 47.7 Å². The van der Waals surface area contributed by atoms with E-state index >= 15 is 0 Å². The number of hydrogen-bond donors (Lipinski definition) is 1. The molecule has 0 unspecified atom stereocenters. The van der Waals surface area contributed by atoms with Crippen molar-refractivity contribution in [2.75, 3.05) is 4.72 Å². The van der Waals surface area contributed by atoms with Crippen LogP contribution in [-0.4, -0.2) is 18.4 Å². The van der Waals surface area contributed by atoms with Gasteiger partial charge in [0.1, 0.15) is 10.7 Å². The van der Waals surface area contributed by atoms with E-state index in [4.69, 9.17) is 0 Å². The first kappa shape index (κ1) is 14.4. The van der Waals surface area contributed by atoms with Crippen LogP contribution in [0.4, 0.5) is 5.82 Å². The van der Waals surface area contributed by atoms with Crippen molar-refractivity contribution in [2.45, 2.75) is 11.8 Å². The van der Waals surface area contributed by atoms with Crippen LogP contribution >= 0.6 is 31.9 Å². The predicted molar refractivity (Wildman–Crippen MR) is 79.4 cm³/mol. The van der Waals surface area contributed by atoms with Gasteiger partial charge in [-0.1, -0.05) is 0 Å². The molecule has 0 fully saturated rings. The van der Waals surface area contributed by atoms with Crippen molar-refractivity contribution < 1.29 is 8.42 Å². The maximum Gasteiger partial charge on any atom is 0.264 e. The molecule has 0 aliphatic carbocycles. The fourth-order valence-corrected chi connectivity index (χ4v) is 3.05. The van der Waals surface area contributed by atoms with Crippen molar-refractivity contribution in [2.24, 2.45) is 0 Å². The summed E-state index contributed by atoms with van der Waals surface area (Å²) in [6.07, 6.45) is 4.34. The lowest BCUT2D eigenvalue weighted by molar-refractivity contribution is 0.600. The molecule has 8 heteroatoms. The van der Waals surface area contributed by atoms with Gasteiger partial charge in [-0.05, 0) is 56.5 Å². The smallest absolute Gasteiger partial charge is 0.263 e. The molecule has 2 aromatic heterocycles. The van der Waals surface area contributed by atoms with Gasteiger partial charge >= 0.3 is 0 Å². The second kappa shape index (κ2) is 5.56. The van der Waals surface area contributed by atoms with E-state index in [1.54, 1.807) is 12.3 Å². The van der Waals surface area contributed by atoms with Crippen molar-refractivity contribution in [1.29, 1.82) is 0 Å². The Morgan fingerprint density at radius 3 is 2.53 bits per heavy atom. The summed E-state index contributed by atoms with van der Waals surface area (Å²) in [6, 6.07) is 3.12. The summed E-state index contributed by atoms with van der Waals surface area (Å²) in [5.41, 5.74) is 0.889. The van der Waals surface area contributed by atoms with Crippen LogP contribution in [0.15, 0.2) is 44.6 Å². The normalized spacial score (nSPS) is 11.3. The van der Waals surface area contributed by atoms with Crippen LogP contribution in [-0.2, 0) is 10.0 Å². The third-order valence-electron chi connectivity index (χ3n) is 2.28. The molecule has 0 atom stereocenters. The third-order valence-corrected chi connectivity index (χ3v) is 4.86. The highest BCUT2D eigenvalue weighted by Gasteiger charge is 2.16. The Kier molecular flexibility index (Phi) is 4.22. The molecule has 0 radical (unpaired) electrons. The number of nitrogens with zero attached hydrogens (tertiary/aromatic N) is 2. The zero-order valence-corrected chi connectivity index (χ0v) is 13.8. The van der Waals surface area contributed by atoms with E-state index in [1.807, 2.05) is 6.92 Å². The highest BCUT2D eigenvalue weighted by molar-refractivity contribution is 9.10. The van der Waals surface area contributed by atoms with Crippen molar-refractivity contribution in [3.63, 3.8) is 0 Å². The highest BCUT2D eigenvalue weighted by atomic mass is 79.9. The maximum atomic E-state index is 12.1. The van der Waals surface area contributed by atoms with E-state index in [1.165, 1.54) is 18.5 Å². The molecular formula is C11H9Br2N3O2S. The Hall–Kier alpha value is -0.990. The van der Waals surface area contributed by atoms with Gasteiger partial charge in [0.25, 0.3) is 10.0 Å². The van der Waals surface area contributed by atoms with Crippen molar-refractivity contribution in [3.8, 4) is 0 Å². The fraction of sp³-hybridized carbons (Fsp3) is 0.0909. The van der Waals surface area contributed by atoms with Crippen molar-refractivity contribution in [3.05, 3.63) is 45.2 Å². The Bertz CT molecular complexity index is 720. The molecule has 0 bridgehead atoms. The van der Waals surface area contributed by atoms with E-state index in [0.29, 0.717) is 4.47 Å². The third kappa shape index (κ3) is 3.52. The molecule has 2 rings (SSSR count). The average Bonchev–Trinajstić information content (AvgIpc) is 2.33. The standard InChI is InChI=1S/C11H9Br2N3O2S/c1-7-2-11(15-6-10(7)13)16-19(17,18)9-3-8(12)4-14-5-9/h2-6H,1H3,(H,15,16). The summed E-state index contributed by atoms with van der Waals surface area (Å²) in [4.78, 5) is 7.91. The number of sulfonamides is 1. The SMILES string of the molecule is Cc1cc(NS(=O)(=O)c2cncc(Br)c2)ncc1Br. The average molecular weight is 407 g/mol. The van der Waals surface area contributed by atoms with Crippen LogP contribution in [0.1, 0.15) is 5.56 Å². The molecule has 1 N–H and O–H groups in total. The predicted octanol–water partition coefficient (Wildman–Crippen LogP) is 3.11. The zero-order valence-electron chi connectivity index (χ0n) is 9.76. The number of nitrogens with one attached hydrogen (secondary N) is 1. The van der Waals surface area contributed by atoms with Gasteiger partial charge in [-0.3, -0.25) is 9.71 Å². The minimum absolute atomic E-state index is 0.0734. The molecule has 19 heavy (non-hydrogen) atoms. The van der Waals surface area contributed by atoms with Crippen LogP contribution in [0.25, 0.3) is 0 Å². The lowest BCUT2D eigenvalue weighted by atomic mass is 10.3. The van der Waals surface area contributed by atoms with E-state index in [-0.39, 0.29) is 10.7 Å². The quantitative estimate of drug-likeness (QED) is 0.849. The van der Waals surface area contributed by atoms with Crippen LogP contribution in [0.2, 0.25) is 0 Å². The molecule has 0 aliphatic rings. The summed E-state index contributed by atoms with van der Waals surface area (Å²) in [7, 11) is -3.69. The lowest BCUT2D eigenvalue weighted by Gasteiger charge is -2.08. The van der Waals surface area contributed by atoms with Gasteiger partial charge in [0.05, 0.1) is 0 Å². The molecule has 100 valence electrons. The summed E-state index contributed by atoms with van der Waals surface area (Å²) >= 11 is 6.49. The van der Waals surface area contributed by atoms with Gasteiger partial charge < -0.3 is 0 Å². The molecule has 0 aliphatic heterocycles. The van der Waals surface area contributed by atoms with E-state index in [2.05, 4.69) is 46.5 Å². The van der Waals surface area contributed by atoms with Gasteiger partial charge in [0.15, 0.2) is 0 Å². The molecule has 0 spiro atoms. The van der Waals surface area contributed by atoms with E-state index < -0.39 is 10.0 Å². The molecule has 0 saturated heterocycles. The molecular weight excluding hydrogens is 398 g/mol. The summed E-state index contributed by atoms with van der Waals surface area (Å²) < 4.78 is 28.1. The Morgan fingerprint density at radius 2 is 1.89 bits per heavy atom. The van der Waals surface area contributed by atoms with Gasteiger partial charge in [0.2, 0.25) is 0 Å². The molecule has 2 heterocycles. The van der Waals surface area contributed by atoms with Crippen molar-refractivity contribution in [1.82, 2.24) is 9.97 Å². The fourth-order valence-electron chi connectivity index (χ4n) is 1.33. The minimum Gasteiger partial charge on any atom is -0.263 e. The number of hydrogen-bond acceptors (Lipinski definition) is 4. The summed E-state index contributed by atoms with van der Waals surface area (Å²) in [5, 5.41) is 0. The number of halogens is 2. The first-order valence-electron chi connectivity index (χ1n) is 5.14. The largest absolute Gasteiger partial charge is 0.264 e. The number of aryl methyl sites for hydroxylation is 1. The molecule has 5 nitrogen and oxygen atoms in total. The number of rotatable bonds is 3. The molecule has 0 saturated carbocycles. The monoisotopic (exact) mass is 405 g/mol. The number of anilines is 1. The summed E-state index contributed by atoms with van der Waals surface area (Å²) in [6.45, 7) is 1.85. The van der Waals surface area contributed by atoms with Gasteiger partial charge in [0, 0.05) is 27.5 Å². The van der Waals surface area contributed by atoms with Crippen LogP contribution in [0, 0.1) is 6.92 Å². The van der Waals surface area contributed by atoms with Gasteiger partial charge in [-0.25, -0.2) is 13.4 Å². The second-order valence-corrected chi connectivity index (χ2v) is 7.22. The van der Waals surface area contributed by atoms with E-state index in [0.717, 1.165) is 10.0 Å². The molecule has 2 aromatic rings. The van der Waals surface area contributed by atoms with Crippen LogP contribution in [0.5, 0.6) is 0 Å².